The first-order valence-corrected chi connectivity index (χ1v) is 7.74. The van der Waals surface area contributed by atoms with Crippen molar-refractivity contribution < 1.29 is 23.9 Å². The molecule has 0 aromatic heterocycles. The van der Waals surface area contributed by atoms with Gasteiger partial charge in [-0.3, -0.25) is 14.4 Å². The summed E-state index contributed by atoms with van der Waals surface area (Å²) in [4.78, 5) is 35.7. The van der Waals surface area contributed by atoms with Crippen molar-refractivity contribution in [1.29, 1.82) is 0 Å². The number of rotatable bonds is 9. The van der Waals surface area contributed by atoms with Crippen LogP contribution in [0, 0.1) is 5.92 Å². The molecule has 0 saturated heterocycles. The Morgan fingerprint density at radius 3 is 2.33 bits per heavy atom. The van der Waals surface area contributed by atoms with E-state index >= 15 is 0 Å². The molecule has 0 aliphatic heterocycles. The van der Waals surface area contributed by atoms with Crippen LogP contribution in [0.5, 0.6) is 0 Å². The number of carbonyl (C=O) groups excluding carboxylic acids is 3. The summed E-state index contributed by atoms with van der Waals surface area (Å²) >= 11 is 0. The second-order valence-electron chi connectivity index (χ2n) is 5.38. The highest BCUT2D eigenvalue weighted by Gasteiger charge is 2.28. The zero-order valence-corrected chi connectivity index (χ0v) is 14.2. The highest BCUT2D eigenvalue weighted by molar-refractivity contribution is 5.89. The minimum absolute atomic E-state index is 0.0606. The molecule has 2 amide bonds. The van der Waals surface area contributed by atoms with Crippen molar-refractivity contribution in [1.82, 2.24) is 5.32 Å². The lowest BCUT2D eigenvalue weighted by atomic mass is 10.0. The lowest BCUT2D eigenvalue weighted by Gasteiger charge is -2.22. The Hall–Kier alpha value is -2.41. The fourth-order valence-electron chi connectivity index (χ4n) is 2.25. The molecule has 0 spiro atoms. The van der Waals surface area contributed by atoms with E-state index < -0.39 is 35.8 Å². The first-order chi connectivity index (χ1) is 11.4. The summed E-state index contributed by atoms with van der Waals surface area (Å²) in [7, 11) is 1.40. The van der Waals surface area contributed by atoms with Gasteiger partial charge in [-0.15, -0.1) is 0 Å². The maximum Gasteiger partial charge on any atom is 0.308 e. The van der Waals surface area contributed by atoms with Crippen LogP contribution in [0.2, 0.25) is 0 Å². The maximum atomic E-state index is 12.4. The largest absolute Gasteiger partial charge is 0.466 e. The SMILES string of the molecule is CCOC(=O)[C@H](C)C[C@H](NC(=O)[C@@H](OC)c1ccccc1)C(N)=O. The second-order valence-corrected chi connectivity index (χ2v) is 5.38. The first-order valence-electron chi connectivity index (χ1n) is 7.74. The van der Waals surface area contributed by atoms with Gasteiger partial charge in [-0.2, -0.15) is 0 Å². The number of esters is 1. The van der Waals surface area contributed by atoms with E-state index in [0.29, 0.717) is 5.56 Å². The van der Waals surface area contributed by atoms with Crippen LogP contribution in [-0.4, -0.2) is 37.5 Å². The summed E-state index contributed by atoms with van der Waals surface area (Å²) < 4.78 is 10.1. The predicted molar refractivity (Wildman–Crippen MR) is 87.7 cm³/mol. The summed E-state index contributed by atoms with van der Waals surface area (Å²) in [5, 5.41) is 2.55. The van der Waals surface area contributed by atoms with Gasteiger partial charge in [0.15, 0.2) is 6.10 Å². The zero-order valence-electron chi connectivity index (χ0n) is 14.2. The fraction of sp³-hybridized carbons (Fsp3) is 0.471. The van der Waals surface area contributed by atoms with Crippen LogP contribution < -0.4 is 11.1 Å². The Morgan fingerprint density at radius 2 is 1.83 bits per heavy atom. The lowest BCUT2D eigenvalue weighted by molar-refractivity contribution is -0.148. The fourth-order valence-corrected chi connectivity index (χ4v) is 2.25. The van der Waals surface area contributed by atoms with Gasteiger partial charge >= 0.3 is 5.97 Å². The van der Waals surface area contributed by atoms with Crippen LogP contribution >= 0.6 is 0 Å². The average molecular weight is 336 g/mol. The smallest absolute Gasteiger partial charge is 0.308 e. The number of benzene rings is 1. The number of ether oxygens (including phenoxy) is 2. The highest BCUT2D eigenvalue weighted by atomic mass is 16.5. The minimum Gasteiger partial charge on any atom is -0.466 e. The Bertz CT molecular complexity index is 561. The molecule has 3 atom stereocenters. The number of nitrogens with one attached hydrogen (secondary N) is 1. The summed E-state index contributed by atoms with van der Waals surface area (Å²) in [6, 6.07) is 7.88. The molecule has 1 aromatic rings. The third kappa shape index (κ3) is 5.66. The molecule has 24 heavy (non-hydrogen) atoms. The molecule has 0 fully saturated rings. The molecule has 132 valence electrons. The van der Waals surface area contributed by atoms with E-state index in [1.807, 2.05) is 6.07 Å². The van der Waals surface area contributed by atoms with Crippen LogP contribution in [0.15, 0.2) is 30.3 Å². The van der Waals surface area contributed by atoms with E-state index in [2.05, 4.69) is 5.32 Å². The van der Waals surface area contributed by atoms with Crippen molar-refractivity contribution in [2.24, 2.45) is 11.7 Å². The molecule has 0 aliphatic carbocycles. The first kappa shape index (κ1) is 19.6. The Morgan fingerprint density at radius 1 is 1.21 bits per heavy atom. The van der Waals surface area contributed by atoms with Crippen LogP contribution in [0.4, 0.5) is 0 Å². The van der Waals surface area contributed by atoms with Gasteiger partial charge in [0.25, 0.3) is 5.91 Å². The van der Waals surface area contributed by atoms with Crippen LogP contribution in [0.3, 0.4) is 0 Å². The average Bonchev–Trinajstić information content (AvgIpc) is 2.55. The Kier molecular flexibility index (Phi) is 7.91. The van der Waals surface area contributed by atoms with Gasteiger partial charge in [-0.05, 0) is 18.9 Å². The van der Waals surface area contributed by atoms with Gasteiger partial charge in [0.2, 0.25) is 5.91 Å². The molecule has 1 aromatic carbocycles. The minimum atomic E-state index is -0.988. The van der Waals surface area contributed by atoms with Crippen LogP contribution in [0.1, 0.15) is 31.9 Å². The van der Waals surface area contributed by atoms with Crippen molar-refractivity contribution in [3.8, 4) is 0 Å². The monoisotopic (exact) mass is 336 g/mol. The number of methoxy groups -OCH3 is 1. The number of hydrogen-bond donors (Lipinski definition) is 2. The van der Waals surface area contributed by atoms with Crippen molar-refractivity contribution in [3.05, 3.63) is 35.9 Å². The van der Waals surface area contributed by atoms with E-state index in [1.54, 1.807) is 38.1 Å². The molecule has 7 heteroatoms. The number of hydrogen-bond acceptors (Lipinski definition) is 5. The molecule has 0 aliphatic rings. The molecule has 3 N–H and O–H groups in total. The van der Waals surface area contributed by atoms with E-state index in [-0.39, 0.29) is 13.0 Å². The van der Waals surface area contributed by atoms with Gasteiger partial charge < -0.3 is 20.5 Å². The van der Waals surface area contributed by atoms with Crippen molar-refractivity contribution in [2.75, 3.05) is 13.7 Å². The number of amides is 2. The zero-order chi connectivity index (χ0) is 18.1. The summed E-state index contributed by atoms with van der Waals surface area (Å²) in [5.41, 5.74) is 5.99. The molecule has 1 rings (SSSR count). The summed E-state index contributed by atoms with van der Waals surface area (Å²) in [5.74, 6) is -2.23. The van der Waals surface area contributed by atoms with Gasteiger partial charge in [-0.1, -0.05) is 37.3 Å². The van der Waals surface area contributed by atoms with E-state index in [1.165, 1.54) is 7.11 Å². The molecule has 0 bridgehead atoms. The van der Waals surface area contributed by atoms with E-state index in [0.717, 1.165) is 0 Å². The quantitative estimate of drug-likeness (QED) is 0.652. The Labute approximate surface area is 141 Å². The van der Waals surface area contributed by atoms with Gasteiger partial charge in [0.1, 0.15) is 6.04 Å². The van der Waals surface area contributed by atoms with Crippen molar-refractivity contribution in [2.45, 2.75) is 32.4 Å². The normalized spacial score (nSPS) is 14.3. The van der Waals surface area contributed by atoms with Crippen LogP contribution in [0.25, 0.3) is 0 Å². The number of primary amides is 1. The third-order valence-corrected chi connectivity index (χ3v) is 3.51. The predicted octanol–water partition coefficient (Wildman–Crippen LogP) is 0.933. The second kappa shape index (κ2) is 9.67. The topological polar surface area (TPSA) is 108 Å². The Balaban J connectivity index is 2.78. The molecule has 0 unspecified atom stereocenters. The van der Waals surface area contributed by atoms with Gasteiger partial charge in [0, 0.05) is 7.11 Å². The number of carbonyl (C=O) groups is 3. The van der Waals surface area contributed by atoms with Gasteiger partial charge in [-0.25, -0.2) is 0 Å². The third-order valence-electron chi connectivity index (χ3n) is 3.51. The van der Waals surface area contributed by atoms with E-state index in [9.17, 15) is 14.4 Å². The summed E-state index contributed by atoms with van der Waals surface area (Å²) in [6.45, 7) is 3.56. The molecular weight excluding hydrogens is 312 g/mol. The maximum absolute atomic E-state index is 12.4. The highest BCUT2D eigenvalue weighted by Crippen LogP contribution is 2.17. The lowest BCUT2D eigenvalue weighted by Crippen LogP contribution is -2.47. The molecule has 7 nitrogen and oxygen atoms in total. The molecule has 0 heterocycles. The van der Waals surface area contributed by atoms with Crippen molar-refractivity contribution >= 4 is 17.8 Å². The van der Waals surface area contributed by atoms with Crippen LogP contribution in [-0.2, 0) is 23.9 Å². The van der Waals surface area contributed by atoms with Crippen molar-refractivity contribution in [3.63, 3.8) is 0 Å². The molecular formula is C17H24N2O5. The molecule has 0 radical (unpaired) electrons. The van der Waals surface area contributed by atoms with Gasteiger partial charge in [0.05, 0.1) is 12.5 Å². The standard InChI is InChI=1S/C17H24N2O5/c1-4-24-17(22)11(2)10-13(15(18)20)19-16(21)14(23-3)12-8-6-5-7-9-12/h5-9,11,13-14H,4,10H2,1-3H3,(H2,18,20)(H,19,21)/t11-,13+,14+/m1/s1. The number of nitrogens with two attached hydrogens (primary N) is 1. The summed E-state index contributed by atoms with van der Waals surface area (Å²) in [6.07, 6.45) is -0.809. The molecule has 0 saturated carbocycles. The van der Waals surface area contributed by atoms with E-state index in [4.69, 9.17) is 15.2 Å².